The fourth-order valence-corrected chi connectivity index (χ4v) is 7.04. The molecule has 9 atom stereocenters. The van der Waals surface area contributed by atoms with Crippen molar-refractivity contribution in [3.05, 3.63) is 36.5 Å². The molecule has 6 aliphatic carbocycles. The van der Waals surface area contributed by atoms with Crippen molar-refractivity contribution in [1.29, 1.82) is 0 Å². The maximum Gasteiger partial charge on any atom is 0.160 e. The summed E-state index contributed by atoms with van der Waals surface area (Å²) in [6.07, 6.45) is 22.7. The summed E-state index contributed by atoms with van der Waals surface area (Å²) >= 11 is 0. The number of hydrogen-bond acceptors (Lipinski definition) is 2. The average Bonchev–Trinajstić information content (AvgIpc) is 3.49. The SMILES string of the molecule is C1=CC2CC1CC2COC(OCC1CC2C=CC1C2)C1CC2C=CC1C2. The van der Waals surface area contributed by atoms with Crippen LogP contribution in [0.2, 0.25) is 0 Å². The Bertz CT molecular complexity index is 596. The van der Waals surface area contributed by atoms with Gasteiger partial charge in [-0.2, -0.15) is 0 Å². The van der Waals surface area contributed by atoms with Crippen molar-refractivity contribution in [2.45, 2.75) is 44.8 Å². The van der Waals surface area contributed by atoms with Crippen LogP contribution in [0.5, 0.6) is 0 Å². The minimum absolute atomic E-state index is 0.0289. The third-order valence-electron chi connectivity index (χ3n) is 8.46. The van der Waals surface area contributed by atoms with E-state index in [9.17, 15) is 0 Å². The monoisotopic (exact) mass is 352 g/mol. The summed E-state index contributed by atoms with van der Waals surface area (Å²) in [5.41, 5.74) is 0. The van der Waals surface area contributed by atoms with Crippen LogP contribution in [0.25, 0.3) is 0 Å². The standard InChI is InChI=1S/C24H32O2/c1-4-18-7-15(1)10-21(18)13-25-24(23-12-17-3-6-20(23)9-17)26-14-22-11-16-2-5-19(22)8-16/h1-6,15-24H,7-14H2. The molecule has 0 aromatic rings. The van der Waals surface area contributed by atoms with Gasteiger partial charge in [-0.3, -0.25) is 0 Å². The minimum atomic E-state index is 0.0289. The van der Waals surface area contributed by atoms with Crippen molar-refractivity contribution in [3.8, 4) is 0 Å². The number of allylic oxidation sites excluding steroid dienone is 6. The Morgan fingerprint density at radius 2 is 1.08 bits per heavy atom. The first-order chi connectivity index (χ1) is 12.8. The van der Waals surface area contributed by atoms with E-state index in [1.807, 2.05) is 0 Å². The van der Waals surface area contributed by atoms with Crippen molar-refractivity contribution >= 4 is 0 Å². The fourth-order valence-electron chi connectivity index (χ4n) is 7.04. The van der Waals surface area contributed by atoms with E-state index < -0.39 is 0 Å². The van der Waals surface area contributed by atoms with Crippen molar-refractivity contribution in [1.82, 2.24) is 0 Å². The Balaban J connectivity index is 1.10. The molecule has 3 saturated carbocycles. The lowest BCUT2D eigenvalue weighted by Gasteiger charge is -2.32. The summed E-state index contributed by atoms with van der Waals surface area (Å²) in [5, 5.41) is 0. The van der Waals surface area contributed by atoms with Gasteiger partial charge in [0.25, 0.3) is 0 Å². The highest BCUT2D eigenvalue weighted by atomic mass is 16.7. The molecular weight excluding hydrogens is 320 g/mol. The van der Waals surface area contributed by atoms with E-state index in [1.165, 1.54) is 38.5 Å². The zero-order valence-electron chi connectivity index (χ0n) is 15.7. The third kappa shape index (κ3) is 2.76. The highest BCUT2D eigenvalue weighted by molar-refractivity contribution is 5.12. The van der Waals surface area contributed by atoms with E-state index in [4.69, 9.17) is 9.47 Å². The lowest BCUT2D eigenvalue weighted by molar-refractivity contribution is -0.191. The lowest BCUT2D eigenvalue weighted by Crippen LogP contribution is -2.34. The Kier molecular flexibility index (Phi) is 3.93. The molecule has 3 fully saturated rings. The van der Waals surface area contributed by atoms with Crippen molar-refractivity contribution in [2.75, 3.05) is 13.2 Å². The predicted octanol–water partition coefficient (Wildman–Crippen LogP) is 4.98. The molecule has 0 amide bonds. The van der Waals surface area contributed by atoms with Crippen LogP contribution in [0.1, 0.15) is 38.5 Å². The van der Waals surface area contributed by atoms with Crippen LogP contribution in [0.4, 0.5) is 0 Å². The largest absolute Gasteiger partial charge is 0.352 e. The normalized spacial score (nSPS) is 50.5. The number of hydrogen-bond donors (Lipinski definition) is 0. The topological polar surface area (TPSA) is 18.5 Å². The van der Waals surface area contributed by atoms with E-state index in [-0.39, 0.29) is 6.29 Å². The summed E-state index contributed by atoms with van der Waals surface area (Å²) < 4.78 is 13.1. The molecule has 140 valence electrons. The third-order valence-corrected chi connectivity index (χ3v) is 8.46. The average molecular weight is 353 g/mol. The highest BCUT2D eigenvalue weighted by Crippen LogP contribution is 2.48. The number of rotatable bonds is 7. The summed E-state index contributed by atoms with van der Waals surface area (Å²) in [6, 6.07) is 0. The van der Waals surface area contributed by atoms with E-state index in [0.717, 1.165) is 54.6 Å². The fraction of sp³-hybridized carbons (Fsp3) is 0.750. The molecule has 6 aliphatic rings. The maximum atomic E-state index is 6.55. The molecule has 26 heavy (non-hydrogen) atoms. The van der Waals surface area contributed by atoms with Crippen LogP contribution in [0, 0.1) is 53.3 Å². The zero-order chi connectivity index (χ0) is 17.1. The van der Waals surface area contributed by atoms with Crippen LogP contribution in [-0.4, -0.2) is 19.5 Å². The Morgan fingerprint density at radius 3 is 1.46 bits per heavy atom. The second-order valence-electron chi connectivity index (χ2n) is 10.1. The van der Waals surface area contributed by atoms with Crippen LogP contribution >= 0.6 is 0 Å². The van der Waals surface area contributed by atoms with Crippen molar-refractivity contribution in [2.24, 2.45) is 53.3 Å². The predicted molar refractivity (Wildman–Crippen MR) is 102 cm³/mol. The smallest absolute Gasteiger partial charge is 0.160 e. The molecule has 2 heteroatoms. The van der Waals surface area contributed by atoms with E-state index in [2.05, 4.69) is 36.5 Å². The van der Waals surface area contributed by atoms with Gasteiger partial charge >= 0.3 is 0 Å². The van der Waals surface area contributed by atoms with Gasteiger partial charge in [0.2, 0.25) is 0 Å². The lowest BCUT2D eigenvalue weighted by atomic mass is 9.91. The molecule has 9 unspecified atom stereocenters. The Hall–Kier alpha value is -0.860. The van der Waals surface area contributed by atoms with E-state index in [0.29, 0.717) is 11.8 Å². The molecule has 0 heterocycles. The first-order valence-electron chi connectivity index (χ1n) is 11.1. The molecule has 0 spiro atoms. The molecule has 2 nitrogen and oxygen atoms in total. The van der Waals surface area contributed by atoms with Gasteiger partial charge in [-0.15, -0.1) is 0 Å². The molecule has 0 aliphatic heterocycles. The van der Waals surface area contributed by atoms with Gasteiger partial charge in [-0.25, -0.2) is 0 Å². The van der Waals surface area contributed by atoms with Crippen LogP contribution in [0.3, 0.4) is 0 Å². The summed E-state index contributed by atoms with van der Waals surface area (Å²) in [4.78, 5) is 0. The number of ether oxygens (including phenoxy) is 2. The van der Waals surface area contributed by atoms with Gasteiger partial charge in [0.05, 0.1) is 13.2 Å². The van der Waals surface area contributed by atoms with Crippen LogP contribution in [0.15, 0.2) is 36.5 Å². The first-order valence-corrected chi connectivity index (χ1v) is 11.1. The Morgan fingerprint density at radius 1 is 0.577 bits per heavy atom. The van der Waals surface area contributed by atoms with Gasteiger partial charge in [0, 0.05) is 5.92 Å². The van der Waals surface area contributed by atoms with E-state index in [1.54, 1.807) is 0 Å². The van der Waals surface area contributed by atoms with Gasteiger partial charge in [0.1, 0.15) is 0 Å². The van der Waals surface area contributed by atoms with Gasteiger partial charge in [-0.1, -0.05) is 36.5 Å². The van der Waals surface area contributed by atoms with Crippen LogP contribution in [-0.2, 0) is 9.47 Å². The molecule has 0 aromatic heterocycles. The second kappa shape index (κ2) is 6.34. The molecule has 6 rings (SSSR count). The van der Waals surface area contributed by atoms with Gasteiger partial charge in [0.15, 0.2) is 6.29 Å². The van der Waals surface area contributed by atoms with Crippen molar-refractivity contribution < 1.29 is 9.47 Å². The second-order valence-corrected chi connectivity index (χ2v) is 10.1. The minimum Gasteiger partial charge on any atom is -0.352 e. The first kappa shape index (κ1) is 16.1. The molecule has 0 N–H and O–H groups in total. The quantitative estimate of drug-likeness (QED) is 0.475. The zero-order valence-corrected chi connectivity index (χ0v) is 15.7. The van der Waals surface area contributed by atoms with Crippen molar-refractivity contribution in [3.63, 3.8) is 0 Å². The van der Waals surface area contributed by atoms with Crippen LogP contribution < -0.4 is 0 Å². The number of fused-ring (bicyclic) bond motifs is 6. The molecule has 6 bridgehead atoms. The molecule has 0 aromatic carbocycles. The molecular formula is C24H32O2. The Labute approximate surface area is 157 Å². The summed E-state index contributed by atoms with van der Waals surface area (Å²) in [5.74, 6) is 6.76. The summed E-state index contributed by atoms with van der Waals surface area (Å²) in [6.45, 7) is 1.81. The molecule has 0 radical (unpaired) electrons. The maximum absolute atomic E-state index is 6.55. The van der Waals surface area contributed by atoms with Gasteiger partial charge in [-0.05, 0) is 85.9 Å². The van der Waals surface area contributed by atoms with E-state index >= 15 is 0 Å². The summed E-state index contributed by atoms with van der Waals surface area (Å²) in [7, 11) is 0. The highest BCUT2D eigenvalue weighted by Gasteiger charge is 2.43. The molecule has 0 saturated heterocycles. The van der Waals surface area contributed by atoms with Gasteiger partial charge < -0.3 is 9.47 Å².